The molecule has 1 saturated heterocycles. The van der Waals surface area contributed by atoms with E-state index in [4.69, 9.17) is 0 Å². The SMILES string of the molecule is C=CC(=O)Nc1ccc(C(=O)N2C[C@H](Nc3ncc4ccccc4n3)[C@@H](F)C2)cc1. The smallest absolute Gasteiger partial charge is 0.254 e. The average Bonchev–Trinajstić information content (AvgIpc) is 3.13. The highest BCUT2D eigenvalue weighted by Gasteiger charge is 2.36. The molecule has 30 heavy (non-hydrogen) atoms. The van der Waals surface area contributed by atoms with Gasteiger partial charge in [-0.05, 0) is 36.4 Å². The fourth-order valence-corrected chi connectivity index (χ4v) is 3.35. The number of likely N-dealkylation sites (tertiary alicyclic amines) is 1. The van der Waals surface area contributed by atoms with E-state index in [9.17, 15) is 14.0 Å². The molecule has 8 heteroatoms. The van der Waals surface area contributed by atoms with Crippen LogP contribution in [0.2, 0.25) is 0 Å². The first-order chi connectivity index (χ1) is 14.5. The molecule has 2 atom stereocenters. The van der Waals surface area contributed by atoms with Crippen molar-refractivity contribution in [3.05, 3.63) is 72.9 Å². The summed E-state index contributed by atoms with van der Waals surface area (Å²) in [5, 5.41) is 6.52. The number of anilines is 2. The number of hydrogen-bond donors (Lipinski definition) is 2. The highest BCUT2D eigenvalue weighted by atomic mass is 19.1. The zero-order valence-corrected chi connectivity index (χ0v) is 16.1. The Bertz CT molecular complexity index is 1100. The minimum atomic E-state index is -1.24. The van der Waals surface area contributed by atoms with Crippen LogP contribution in [0.25, 0.3) is 10.9 Å². The minimum absolute atomic E-state index is 0.0148. The van der Waals surface area contributed by atoms with Crippen molar-refractivity contribution in [2.75, 3.05) is 23.7 Å². The molecule has 1 fully saturated rings. The summed E-state index contributed by atoms with van der Waals surface area (Å²) in [6, 6.07) is 13.4. The van der Waals surface area contributed by atoms with Gasteiger partial charge in [0.15, 0.2) is 0 Å². The van der Waals surface area contributed by atoms with Crippen molar-refractivity contribution in [3.8, 4) is 0 Å². The van der Waals surface area contributed by atoms with E-state index in [1.807, 2.05) is 24.3 Å². The second kappa shape index (κ2) is 8.28. The van der Waals surface area contributed by atoms with Gasteiger partial charge in [0.05, 0.1) is 18.1 Å². The summed E-state index contributed by atoms with van der Waals surface area (Å²) in [5.41, 5.74) is 1.73. The molecule has 1 aliphatic rings. The summed E-state index contributed by atoms with van der Waals surface area (Å²) < 4.78 is 14.6. The van der Waals surface area contributed by atoms with Crippen molar-refractivity contribution in [2.24, 2.45) is 0 Å². The lowest BCUT2D eigenvalue weighted by Gasteiger charge is -2.17. The Balaban J connectivity index is 1.42. The van der Waals surface area contributed by atoms with Crippen molar-refractivity contribution < 1.29 is 14.0 Å². The molecule has 2 N–H and O–H groups in total. The van der Waals surface area contributed by atoms with Crippen LogP contribution in [0.15, 0.2) is 67.4 Å². The number of benzene rings is 2. The fourth-order valence-electron chi connectivity index (χ4n) is 3.35. The normalized spacial score (nSPS) is 18.2. The highest BCUT2D eigenvalue weighted by Crippen LogP contribution is 2.21. The molecule has 3 aromatic rings. The lowest BCUT2D eigenvalue weighted by Crippen LogP contribution is -2.32. The molecular weight excluding hydrogens is 385 g/mol. The van der Waals surface area contributed by atoms with Crippen LogP contribution in [0.1, 0.15) is 10.4 Å². The fraction of sp³-hybridized carbons (Fsp3) is 0.182. The van der Waals surface area contributed by atoms with Crippen LogP contribution in [0.4, 0.5) is 16.0 Å². The Morgan fingerprint density at radius 3 is 2.67 bits per heavy atom. The van der Waals surface area contributed by atoms with Crippen LogP contribution in [0.3, 0.4) is 0 Å². The average molecular weight is 405 g/mol. The first kappa shape index (κ1) is 19.5. The van der Waals surface area contributed by atoms with E-state index in [2.05, 4.69) is 27.2 Å². The van der Waals surface area contributed by atoms with E-state index >= 15 is 0 Å². The summed E-state index contributed by atoms with van der Waals surface area (Å²) in [7, 11) is 0. The predicted octanol–water partition coefficient (Wildman–Crippen LogP) is 3.03. The van der Waals surface area contributed by atoms with Gasteiger partial charge in [-0.15, -0.1) is 0 Å². The van der Waals surface area contributed by atoms with Gasteiger partial charge in [-0.2, -0.15) is 0 Å². The number of aromatic nitrogens is 2. The summed E-state index contributed by atoms with van der Waals surface area (Å²) in [4.78, 5) is 34.2. The van der Waals surface area contributed by atoms with E-state index in [-0.39, 0.29) is 24.9 Å². The van der Waals surface area contributed by atoms with Gasteiger partial charge < -0.3 is 15.5 Å². The van der Waals surface area contributed by atoms with Gasteiger partial charge >= 0.3 is 0 Å². The van der Waals surface area contributed by atoms with Crippen molar-refractivity contribution in [2.45, 2.75) is 12.2 Å². The summed E-state index contributed by atoms with van der Waals surface area (Å²) in [6.07, 6.45) is 1.61. The van der Waals surface area contributed by atoms with Crippen molar-refractivity contribution in [1.82, 2.24) is 14.9 Å². The highest BCUT2D eigenvalue weighted by molar-refractivity contribution is 5.99. The van der Waals surface area contributed by atoms with Crippen LogP contribution >= 0.6 is 0 Å². The molecule has 0 radical (unpaired) electrons. The molecule has 2 heterocycles. The first-order valence-corrected chi connectivity index (χ1v) is 9.48. The molecule has 1 aromatic heterocycles. The number of halogens is 1. The largest absolute Gasteiger partial charge is 0.347 e. The Labute approximate surface area is 172 Å². The van der Waals surface area contributed by atoms with E-state index in [1.165, 1.54) is 4.90 Å². The van der Waals surface area contributed by atoms with Crippen LogP contribution in [0.5, 0.6) is 0 Å². The molecule has 0 aliphatic carbocycles. The number of nitrogens with one attached hydrogen (secondary N) is 2. The Morgan fingerprint density at radius 2 is 1.90 bits per heavy atom. The zero-order valence-electron chi connectivity index (χ0n) is 16.1. The number of fused-ring (bicyclic) bond motifs is 1. The number of carbonyl (C=O) groups excluding carboxylic acids is 2. The third-order valence-corrected chi connectivity index (χ3v) is 4.92. The van der Waals surface area contributed by atoms with Crippen LogP contribution in [-0.2, 0) is 4.79 Å². The number of hydrogen-bond acceptors (Lipinski definition) is 5. The van der Waals surface area contributed by atoms with E-state index in [0.717, 1.165) is 17.0 Å². The summed E-state index contributed by atoms with van der Waals surface area (Å²) in [5.74, 6) is -0.278. The maximum atomic E-state index is 14.6. The van der Waals surface area contributed by atoms with Gasteiger partial charge in [0.2, 0.25) is 11.9 Å². The number of rotatable bonds is 5. The van der Waals surface area contributed by atoms with Gasteiger partial charge in [-0.3, -0.25) is 9.59 Å². The second-order valence-corrected chi connectivity index (χ2v) is 7.00. The number of nitrogens with zero attached hydrogens (tertiary/aromatic N) is 3. The number of para-hydroxylation sites is 1. The lowest BCUT2D eigenvalue weighted by atomic mass is 10.2. The molecule has 0 spiro atoms. The maximum absolute atomic E-state index is 14.6. The van der Waals surface area contributed by atoms with E-state index in [0.29, 0.717) is 17.2 Å². The van der Waals surface area contributed by atoms with Gasteiger partial charge in [0.25, 0.3) is 5.91 Å². The molecule has 0 unspecified atom stereocenters. The molecule has 0 bridgehead atoms. The number of alkyl halides is 1. The zero-order chi connectivity index (χ0) is 21.1. The second-order valence-electron chi connectivity index (χ2n) is 7.00. The van der Waals surface area contributed by atoms with Gasteiger partial charge in [-0.1, -0.05) is 24.8 Å². The Hall–Kier alpha value is -3.81. The van der Waals surface area contributed by atoms with Crippen molar-refractivity contribution in [1.29, 1.82) is 0 Å². The molecule has 0 saturated carbocycles. The van der Waals surface area contributed by atoms with Crippen LogP contribution in [0, 0.1) is 0 Å². The van der Waals surface area contributed by atoms with E-state index in [1.54, 1.807) is 30.5 Å². The Morgan fingerprint density at radius 1 is 1.13 bits per heavy atom. The molecule has 4 rings (SSSR count). The summed E-state index contributed by atoms with van der Waals surface area (Å²) in [6.45, 7) is 3.58. The number of amides is 2. The monoisotopic (exact) mass is 405 g/mol. The minimum Gasteiger partial charge on any atom is -0.347 e. The first-order valence-electron chi connectivity index (χ1n) is 9.48. The maximum Gasteiger partial charge on any atom is 0.254 e. The van der Waals surface area contributed by atoms with E-state index < -0.39 is 12.2 Å². The van der Waals surface area contributed by atoms with Gasteiger partial charge in [-0.25, -0.2) is 14.4 Å². The molecule has 2 amide bonds. The number of carbonyl (C=O) groups is 2. The van der Waals surface area contributed by atoms with Crippen molar-refractivity contribution in [3.63, 3.8) is 0 Å². The predicted molar refractivity (Wildman–Crippen MR) is 113 cm³/mol. The molecule has 152 valence electrons. The van der Waals surface area contributed by atoms with Crippen LogP contribution in [-0.4, -0.2) is 52.0 Å². The molecule has 1 aliphatic heterocycles. The summed E-state index contributed by atoms with van der Waals surface area (Å²) >= 11 is 0. The topological polar surface area (TPSA) is 87.2 Å². The lowest BCUT2D eigenvalue weighted by molar-refractivity contribution is -0.111. The van der Waals surface area contributed by atoms with Gasteiger partial charge in [0.1, 0.15) is 6.17 Å². The quantitative estimate of drug-likeness (QED) is 0.637. The van der Waals surface area contributed by atoms with Gasteiger partial charge in [0, 0.05) is 29.4 Å². The third-order valence-electron chi connectivity index (χ3n) is 4.92. The van der Waals surface area contributed by atoms with Crippen LogP contribution < -0.4 is 10.6 Å². The molecule has 7 nitrogen and oxygen atoms in total. The van der Waals surface area contributed by atoms with Crippen molar-refractivity contribution >= 4 is 34.4 Å². The standard InChI is InChI=1S/C22H20FN5O2/c1-2-20(29)25-16-9-7-14(8-10-16)21(30)28-12-17(23)19(13-28)27-22-24-11-15-5-3-4-6-18(15)26-22/h2-11,17,19H,1,12-13H2,(H,25,29)(H,24,26,27)/t17-,19-/m0/s1. The molecule has 2 aromatic carbocycles. The third kappa shape index (κ3) is 4.12. The molecular formula is C22H20FN5O2. The Kier molecular flexibility index (Phi) is 5.38.